The lowest BCUT2D eigenvalue weighted by Gasteiger charge is -2.49. The summed E-state index contributed by atoms with van der Waals surface area (Å²) in [5.74, 6) is 0. The SMILES string of the molecule is CC1CN(C2(CN)CCCCCC2)CCN1C. The van der Waals surface area contributed by atoms with E-state index in [-0.39, 0.29) is 0 Å². The summed E-state index contributed by atoms with van der Waals surface area (Å²) in [5, 5.41) is 0. The highest BCUT2D eigenvalue weighted by Crippen LogP contribution is 2.33. The van der Waals surface area contributed by atoms with Crippen LogP contribution in [0.2, 0.25) is 0 Å². The molecule has 0 aromatic heterocycles. The van der Waals surface area contributed by atoms with Crippen LogP contribution in [-0.2, 0) is 0 Å². The van der Waals surface area contributed by atoms with E-state index in [9.17, 15) is 0 Å². The summed E-state index contributed by atoms with van der Waals surface area (Å²) in [7, 11) is 2.24. The zero-order chi connectivity index (χ0) is 12.3. The molecule has 0 radical (unpaired) electrons. The molecule has 0 aromatic carbocycles. The third kappa shape index (κ3) is 2.83. The molecule has 2 N–H and O–H groups in total. The molecule has 0 amide bonds. The second-order valence-electron chi connectivity index (χ2n) is 6.12. The first-order chi connectivity index (χ1) is 8.18. The van der Waals surface area contributed by atoms with E-state index in [2.05, 4.69) is 23.8 Å². The summed E-state index contributed by atoms with van der Waals surface area (Å²) in [6.07, 6.45) is 8.20. The lowest BCUT2D eigenvalue weighted by atomic mass is 9.87. The highest BCUT2D eigenvalue weighted by Gasteiger charge is 2.38. The summed E-state index contributed by atoms with van der Waals surface area (Å²) in [6, 6.07) is 0.676. The Morgan fingerprint density at radius 2 is 1.76 bits per heavy atom. The topological polar surface area (TPSA) is 32.5 Å². The molecule has 1 saturated heterocycles. The molecular weight excluding hydrogens is 210 g/mol. The molecule has 1 aliphatic carbocycles. The molecule has 100 valence electrons. The fourth-order valence-corrected chi connectivity index (χ4v) is 3.52. The van der Waals surface area contributed by atoms with Crippen molar-refractivity contribution in [3.8, 4) is 0 Å². The number of likely N-dealkylation sites (N-methyl/N-ethyl adjacent to an activating group) is 1. The van der Waals surface area contributed by atoms with Gasteiger partial charge < -0.3 is 10.6 Å². The molecule has 3 nitrogen and oxygen atoms in total. The smallest absolute Gasteiger partial charge is 0.0332 e. The van der Waals surface area contributed by atoms with Crippen LogP contribution < -0.4 is 5.73 Å². The van der Waals surface area contributed by atoms with Crippen molar-refractivity contribution in [3.63, 3.8) is 0 Å². The maximum absolute atomic E-state index is 6.16. The minimum atomic E-state index is 0.325. The second kappa shape index (κ2) is 5.68. The minimum Gasteiger partial charge on any atom is -0.329 e. The van der Waals surface area contributed by atoms with E-state index in [0.29, 0.717) is 11.6 Å². The van der Waals surface area contributed by atoms with Gasteiger partial charge in [0.2, 0.25) is 0 Å². The third-order valence-electron chi connectivity index (χ3n) is 5.04. The van der Waals surface area contributed by atoms with Gasteiger partial charge in [0, 0.05) is 37.8 Å². The summed E-state index contributed by atoms with van der Waals surface area (Å²) >= 11 is 0. The van der Waals surface area contributed by atoms with Crippen LogP contribution in [0, 0.1) is 0 Å². The highest BCUT2D eigenvalue weighted by molar-refractivity contribution is 4.96. The van der Waals surface area contributed by atoms with Crippen LogP contribution in [0.15, 0.2) is 0 Å². The van der Waals surface area contributed by atoms with Gasteiger partial charge in [-0.05, 0) is 26.8 Å². The van der Waals surface area contributed by atoms with E-state index in [4.69, 9.17) is 5.73 Å². The number of hydrogen-bond donors (Lipinski definition) is 1. The van der Waals surface area contributed by atoms with E-state index in [1.165, 1.54) is 58.2 Å². The van der Waals surface area contributed by atoms with Crippen LogP contribution in [0.4, 0.5) is 0 Å². The van der Waals surface area contributed by atoms with Crippen LogP contribution in [0.25, 0.3) is 0 Å². The van der Waals surface area contributed by atoms with Gasteiger partial charge in [0.25, 0.3) is 0 Å². The van der Waals surface area contributed by atoms with Crippen LogP contribution in [-0.4, -0.2) is 54.6 Å². The first-order valence-corrected chi connectivity index (χ1v) is 7.33. The maximum Gasteiger partial charge on any atom is 0.0332 e. The Balaban J connectivity index is 2.05. The number of hydrogen-bond acceptors (Lipinski definition) is 3. The molecule has 2 rings (SSSR count). The van der Waals surface area contributed by atoms with Gasteiger partial charge in [0.05, 0.1) is 0 Å². The minimum absolute atomic E-state index is 0.325. The van der Waals surface area contributed by atoms with Crippen LogP contribution in [0.3, 0.4) is 0 Å². The van der Waals surface area contributed by atoms with E-state index >= 15 is 0 Å². The van der Waals surface area contributed by atoms with Crippen LogP contribution >= 0.6 is 0 Å². The number of nitrogens with two attached hydrogens (primary N) is 1. The van der Waals surface area contributed by atoms with Crippen molar-refractivity contribution in [2.24, 2.45) is 5.73 Å². The average Bonchev–Trinajstić information content (AvgIpc) is 2.59. The van der Waals surface area contributed by atoms with E-state index in [0.717, 1.165) is 6.54 Å². The molecule has 1 atom stereocenters. The molecule has 17 heavy (non-hydrogen) atoms. The molecule has 1 heterocycles. The lowest BCUT2D eigenvalue weighted by molar-refractivity contribution is 0.00949. The lowest BCUT2D eigenvalue weighted by Crippen LogP contribution is -2.61. The van der Waals surface area contributed by atoms with Crippen LogP contribution in [0.1, 0.15) is 45.4 Å². The van der Waals surface area contributed by atoms with E-state index < -0.39 is 0 Å². The molecule has 3 heteroatoms. The monoisotopic (exact) mass is 239 g/mol. The fraction of sp³-hybridized carbons (Fsp3) is 1.00. The number of rotatable bonds is 2. The van der Waals surface area contributed by atoms with Gasteiger partial charge in [-0.15, -0.1) is 0 Å². The summed E-state index contributed by atoms with van der Waals surface area (Å²) < 4.78 is 0. The zero-order valence-corrected chi connectivity index (χ0v) is 11.6. The third-order valence-corrected chi connectivity index (χ3v) is 5.04. The molecule has 0 bridgehead atoms. The van der Waals surface area contributed by atoms with Crippen molar-refractivity contribution in [3.05, 3.63) is 0 Å². The van der Waals surface area contributed by atoms with Gasteiger partial charge in [0.15, 0.2) is 0 Å². The summed E-state index contributed by atoms with van der Waals surface area (Å²) in [5.41, 5.74) is 6.49. The van der Waals surface area contributed by atoms with Gasteiger partial charge in [-0.1, -0.05) is 25.7 Å². The van der Waals surface area contributed by atoms with Gasteiger partial charge in [-0.2, -0.15) is 0 Å². The summed E-state index contributed by atoms with van der Waals surface area (Å²) in [4.78, 5) is 5.18. The molecule has 0 aromatic rings. The fourth-order valence-electron chi connectivity index (χ4n) is 3.52. The van der Waals surface area contributed by atoms with Crippen molar-refractivity contribution in [2.75, 3.05) is 33.2 Å². The number of nitrogens with zero attached hydrogens (tertiary/aromatic N) is 2. The van der Waals surface area contributed by atoms with E-state index in [1.54, 1.807) is 0 Å². The van der Waals surface area contributed by atoms with E-state index in [1.807, 2.05) is 0 Å². The molecule has 2 aliphatic rings. The van der Waals surface area contributed by atoms with Crippen molar-refractivity contribution in [2.45, 2.75) is 57.0 Å². The standard InChI is InChI=1S/C14H29N3/c1-13-11-17(10-9-16(13)2)14(12-15)7-5-3-4-6-8-14/h13H,3-12,15H2,1-2H3. The zero-order valence-electron chi connectivity index (χ0n) is 11.6. The predicted octanol–water partition coefficient (Wildman–Crippen LogP) is 1.67. The highest BCUT2D eigenvalue weighted by atomic mass is 15.3. The van der Waals surface area contributed by atoms with Gasteiger partial charge >= 0.3 is 0 Å². The van der Waals surface area contributed by atoms with Crippen molar-refractivity contribution in [1.82, 2.24) is 9.80 Å². The van der Waals surface area contributed by atoms with Crippen LogP contribution in [0.5, 0.6) is 0 Å². The van der Waals surface area contributed by atoms with Gasteiger partial charge in [0.1, 0.15) is 0 Å². The average molecular weight is 239 g/mol. The Kier molecular flexibility index (Phi) is 4.45. The quantitative estimate of drug-likeness (QED) is 0.744. The molecule has 1 saturated carbocycles. The first kappa shape index (κ1) is 13.3. The number of piperazine rings is 1. The molecule has 0 spiro atoms. The first-order valence-electron chi connectivity index (χ1n) is 7.33. The van der Waals surface area contributed by atoms with Crippen molar-refractivity contribution >= 4 is 0 Å². The summed E-state index contributed by atoms with van der Waals surface area (Å²) in [6.45, 7) is 6.80. The Hall–Kier alpha value is -0.120. The Morgan fingerprint density at radius 3 is 2.29 bits per heavy atom. The maximum atomic E-state index is 6.16. The largest absolute Gasteiger partial charge is 0.329 e. The second-order valence-corrected chi connectivity index (χ2v) is 6.12. The molecular formula is C14H29N3. The Morgan fingerprint density at radius 1 is 1.12 bits per heavy atom. The molecule has 2 fully saturated rings. The van der Waals surface area contributed by atoms with Crippen molar-refractivity contribution < 1.29 is 0 Å². The normalized spacial score (nSPS) is 32.3. The van der Waals surface area contributed by atoms with Gasteiger partial charge in [-0.25, -0.2) is 0 Å². The predicted molar refractivity (Wildman–Crippen MR) is 73.2 cm³/mol. The molecule has 1 unspecified atom stereocenters. The van der Waals surface area contributed by atoms with Crippen molar-refractivity contribution in [1.29, 1.82) is 0 Å². The Labute approximate surface area is 106 Å². The molecule has 1 aliphatic heterocycles. The van der Waals surface area contributed by atoms with Gasteiger partial charge in [-0.3, -0.25) is 4.90 Å². The Bertz CT molecular complexity index is 234.